The minimum atomic E-state index is -0.610. The van der Waals surface area contributed by atoms with Crippen molar-refractivity contribution in [2.24, 2.45) is 0 Å². The van der Waals surface area contributed by atoms with Crippen molar-refractivity contribution in [3.8, 4) is 0 Å². The molecule has 0 saturated heterocycles. The summed E-state index contributed by atoms with van der Waals surface area (Å²) in [6.07, 6.45) is 0. The molecule has 1 aromatic carbocycles. The Kier molecular flexibility index (Phi) is 4.72. The Balaban J connectivity index is 0.00000121. The van der Waals surface area contributed by atoms with E-state index in [1.54, 1.807) is 0 Å². The normalized spacial score (nSPS) is 10.6. The maximum atomic E-state index is 8.55. The Bertz CT molecular complexity index is 221. The zero-order chi connectivity index (χ0) is 8.32. The van der Waals surface area contributed by atoms with Crippen LogP contribution in [-0.2, 0) is 32.2 Å². The van der Waals surface area contributed by atoms with Crippen LogP contribution in [0.2, 0.25) is 0 Å². The average Bonchev–Trinajstić information content (AvgIpc) is 2.06. The van der Waals surface area contributed by atoms with Crippen LogP contribution in [0.3, 0.4) is 0 Å². The minimum absolute atomic E-state index is 0. The third kappa shape index (κ3) is 2.72. The van der Waals surface area contributed by atoms with E-state index in [2.05, 4.69) is 4.89 Å². The van der Waals surface area contributed by atoms with Gasteiger partial charge in [-0.15, -0.1) is 0 Å². The van der Waals surface area contributed by atoms with E-state index < -0.39 is 5.60 Å². The quantitative estimate of drug-likeness (QED) is 0.451. The molecule has 2 nitrogen and oxygen atoms in total. The van der Waals surface area contributed by atoms with Gasteiger partial charge < -0.3 is 0 Å². The van der Waals surface area contributed by atoms with Gasteiger partial charge in [-0.25, -0.2) is 4.89 Å². The molecule has 61 valence electrons. The molecule has 0 aromatic heterocycles. The minimum Gasteiger partial charge on any atom is -0.251 e. The van der Waals surface area contributed by atoms with E-state index in [1.807, 2.05) is 44.2 Å². The monoisotopic (exact) mass is 200 g/mol. The van der Waals surface area contributed by atoms with Gasteiger partial charge in [0.25, 0.3) is 0 Å². The molecule has 0 heterocycles. The Morgan fingerprint density at radius 2 is 1.67 bits per heavy atom. The van der Waals surface area contributed by atoms with Crippen LogP contribution in [0, 0.1) is 0 Å². The van der Waals surface area contributed by atoms with Crippen molar-refractivity contribution in [1.82, 2.24) is 0 Å². The molecule has 0 bridgehead atoms. The van der Waals surface area contributed by atoms with Crippen LogP contribution in [0.15, 0.2) is 30.3 Å². The van der Waals surface area contributed by atoms with Gasteiger partial charge in [0.2, 0.25) is 0 Å². The predicted octanol–water partition coefficient (Wildman–Crippen LogP) is 2.41. The molecule has 0 fully saturated rings. The molecule has 12 heavy (non-hydrogen) atoms. The summed E-state index contributed by atoms with van der Waals surface area (Å²) in [5.41, 5.74) is 0.351. The molecular formula is C9H12O2Ti+3. The topological polar surface area (TPSA) is 29.5 Å². The van der Waals surface area contributed by atoms with Gasteiger partial charge in [-0.3, -0.25) is 5.26 Å². The second-order valence-corrected chi connectivity index (χ2v) is 2.97. The first-order chi connectivity index (χ1) is 5.17. The van der Waals surface area contributed by atoms with Crippen molar-refractivity contribution in [3.63, 3.8) is 0 Å². The van der Waals surface area contributed by atoms with E-state index in [0.29, 0.717) is 0 Å². The van der Waals surface area contributed by atoms with Gasteiger partial charge in [-0.1, -0.05) is 30.3 Å². The van der Waals surface area contributed by atoms with E-state index in [-0.39, 0.29) is 21.7 Å². The Hall–Kier alpha value is -0.146. The fraction of sp³-hybridized carbons (Fsp3) is 0.333. The van der Waals surface area contributed by atoms with E-state index in [4.69, 9.17) is 5.26 Å². The number of rotatable bonds is 2. The second kappa shape index (κ2) is 4.78. The molecule has 1 rings (SSSR count). The summed E-state index contributed by atoms with van der Waals surface area (Å²) in [5, 5.41) is 8.55. The van der Waals surface area contributed by atoms with E-state index in [1.165, 1.54) is 0 Å². The first kappa shape index (κ1) is 11.9. The van der Waals surface area contributed by atoms with Gasteiger partial charge in [0, 0.05) is 0 Å². The first-order valence-corrected chi connectivity index (χ1v) is 3.55. The molecule has 3 heteroatoms. The van der Waals surface area contributed by atoms with Crippen LogP contribution in [-0.4, -0.2) is 5.26 Å². The third-order valence-electron chi connectivity index (χ3n) is 1.70. The predicted molar refractivity (Wildman–Crippen MR) is 43.2 cm³/mol. The smallest absolute Gasteiger partial charge is 0.251 e. The third-order valence-corrected chi connectivity index (χ3v) is 1.70. The van der Waals surface area contributed by atoms with E-state index in [0.717, 1.165) is 5.56 Å². The maximum absolute atomic E-state index is 8.55. The van der Waals surface area contributed by atoms with Crippen molar-refractivity contribution in [2.45, 2.75) is 19.4 Å². The van der Waals surface area contributed by atoms with Crippen LogP contribution < -0.4 is 0 Å². The van der Waals surface area contributed by atoms with Crippen molar-refractivity contribution < 1.29 is 31.9 Å². The fourth-order valence-corrected chi connectivity index (χ4v) is 0.892. The zero-order valence-corrected chi connectivity index (χ0v) is 8.80. The molecule has 0 unspecified atom stereocenters. The molecule has 0 atom stereocenters. The van der Waals surface area contributed by atoms with Gasteiger partial charge in [0.1, 0.15) is 5.60 Å². The summed E-state index contributed by atoms with van der Waals surface area (Å²) in [7, 11) is 0. The number of hydrogen-bond donors (Lipinski definition) is 1. The van der Waals surface area contributed by atoms with E-state index in [9.17, 15) is 0 Å². The summed E-state index contributed by atoms with van der Waals surface area (Å²) in [5.74, 6) is 0. The van der Waals surface area contributed by atoms with Gasteiger partial charge in [-0.05, 0) is 19.4 Å². The Labute approximate surface area is 87.4 Å². The molecule has 0 amide bonds. The Morgan fingerprint density at radius 1 is 1.17 bits per heavy atom. The summed E-state index contributed by atoms with van der Waals surface area (Å²) in [6.45, 7) is 3.62. The van der Waals surface area contributed by atoms with Crippen molar-refractivity contribution in [1.29, 1.82) is 0 Å². The van der Waals surface area contributed by atoms with Crippen molar-refractivity contribution in [2.75, 3.05) is 0 Å². The fourth-order valence-electron chi connectivity index (χ4n) is 0.892. The summed E-state index contributed by atoms with van der Waals surface area (Å²) in [6, 6.07) is 9.58. The molecule has 0 aliphatic carbocycles. The molecule has 0 saturated carbocycles. The number of benzene rings is 1. The van der Waals surface area contributed by atoms with Gasteiger partial charge in [0.15, 0.2) is 0 Å². The standard InChI is InChI=1S/C9H12O2.Ti/c1-9(2,11-10)8-6-4-3-5-7-8;/h3-7,10H,1-2H3;/q;+3. The molecular weight excluding hydrogens is 188 g/mol. The van der Waals surface area contributed by atoms with Crippen molar-refractivity contribution in [3.05, 3.63) is 35.9 Å². The zero-order valence-electron chi connectivity index (χ0n) is 7.24. The second-order valence-electron chi connectivity index (χ2n) is 2.97. The first-order valence-electron chi connectivity index (χ1n) is 3.55. The van der Waals surface area contributed by atoms with Gasteiger partial charge >= 0.3 is 21.7 Å². The number of hydrogen-bond acceptors (Lipinski definition) is 2. The summed E-state index contributed by atoms with van der Waals surface area (Å²) >= 11 is 0. The van der Waals surface area contributed by atoms with Crippen LogP contribution in [0.5, 0.6) is 0 Å². The van der Waals surface area contributed by atoms with Crippen LogP contribution >= 0.6 is 0 Å². The Morgan fingerprint density at radius 3 is 2.08 bits per heavy atom. The van der Waals surface area contributed by atoms with E-state index >= 15 is 0 Å². The van der Waals surface area contributed by atoms with Gasteiger partial charge in [-0.2, -0.15) is 0 Å². The van der Waals surface area contributed by atoms with Crippen molar-refractivity contribution >= 4 is 0 Å². The van der Waals surface area contributed by atoms with Crippen LogP contribution in [0.1, 0.15) is 19.4 Å². The SMILES string of the molecule is CC(C)(OO)c1ccccc1.[Ti+3]. The van der Waals surface area contributed by atoms with Gasteiger partial charge in [0.05, 0.1) is 0 Å². The summed E-state index contributed by atoms with van der Waals surface area (Å²) in [4.78, 5) is 4.32. The largest absolute Gasteiger partial charge is 3.00 e. The summed E-state index contributed by atoms with van der Waals surface area (Å²) < 4.78 is 0. The molecule has 1 aromatic rings. The molecule has 0 spiro atoms. The molecule has 0 aliphatic heterocycles. The molecule has 0 aliphatic rings. The average molecular weight is 200 g/mol. The molecule has 1 N–H and O–H groups in total. The maximum Gasteiger partial charge on any atom is 3.00 e. The van der Waals surface area contributed by atoms with Crippen LogP contribution in [0.25, 0.3) is 0 Å². The molecule has 1 radical (unpaired) electrons. The van der Waals surface area contributed by atoms with Crippen LogP contribution in [0.4, 0.5) is 0 Å².